The normalized spacial score (nSPS) is 12.2. The molecular weight excluding hydrogens is 256 g/mol. The molecule has 0 aliphatic rings. The van der Waals surface area contributed by atoms with Crippen LogP contribution < -0.4 is 5.73 Å². The van der Waals surface area contributed by atoms with E-state index < -0.39 is 0 Å². The fourth-order valence-electron chi connectivity index (χ4n) is 2.00. The minimum absolute atomic E-state index is 0.0584. The van der Waals surface area contributed by atoms with Crippen LogP contribution in [0.25, 0.3) is 21.3 Å². The lowest BCUT2D eigenvalue weighted by Gasteiger charge is -2.13. The Hall–Kier alpha value is -1.88. The molecule has 2 heterocycles. The Balaban J connectivity index is 2.27. The van der Waals surface area contributed by atoms with Gasteiger partial charge in [-0.1, -0.05) is 32.9 Å². The number of anilines is 1. The number of nitrogens with zero attached hydrogens (tertiary/aromatic N) is 2. The topological polar surface area (TPSA) is 67.6 Å². The standard InChI is InChI=1S/C14H16N4S/c1-14(2,3)13-17-11-8(5-4-6-10(11)19-13)9-7-16-18-12(9)15/h4-7H,1-3H3,(H3,15,16,18). The van der Waals surface area contributed by atoms with Gasteiger partial charge < -0.3 is 5.73 Å². The Morgan fingerprint density at radius 3 is 2.63 bits per heavy atom. The van der Waals surface area contributed by atoms with Crippen molar-refractivity contribution in [1.82, 2.24) is 15.2 Å². The predicted molar refractivity (Wildman–Crippen MR) is 80.3 cm³/mol. The van der Waals surface area contributed by atoms with Crippen LogP contribution in [0.15, 0.2) is 24.4 Å². The summed E-state index contributed by atoms with van der Waals surface area (Å²) in [6.07, 6.45) is 1.75. The molecule has 0 saturated carbocycles. The van der Waals surface area contributed by atoms with E-state index in [1.165, 1.54) is 4.70 Å². The van der Waals surface area contributed by atoms with Gasteiger partial charge in [-0.2, -0.15) is 5.10 Å². The number of nitrogen functional groups attached to an aromatic ring is 1. The lowest BCUT2D eigenvalue weighted by atomic mass is 9.98. The molecule has 0 amide bonds. The summed E-state index contributed by atoms with van der Waals surface area (Å²) in [4.78, 5) is 4.80. The highest BCUT2D eigenvalue weighted by atomic mass is 32.1. The molecule has 0 unspecified atom stereocenters. The van der Waals surface area contributed by atoms with Gasteiger partial charge in [0.1, 0.15) is 5.82 Å². The van der Waals surface area contributed by atoms with Gasteiger partial charge in [0, 0.05) is 16.5 Å². The number of rotatable bonds is 1. The smallest absolute Gasteiger partial charge is 0.126 e. The SMILES string of the molecule is CC(C)(C)c1nc2c(-c3cn[nH]c3N)cccc2s1. The van der Waals surface area contributed by atoms with Crippen LogP contribution in [-0.2, 0) is 5.41 Å². The quantitative estimate of drug-likeness (QED) is 0.711. The van der Waals surface area contributed by atoms with Crippen molar-refractivity contribution in [2.75, 3.05) is 5.73 Å². The molecule has 3 N–H and O–H groups in total. The van der Waals surface area contributed by atoms with Crippen molar-refractivity contribution in [2.45, 2.75) is 26.2 Å². The molecule has 0 bridgehead atoms. The first kappa shape index (κ1) is 12.2. The number of nitrogens with one attached hydrogen (secondary N) is 1. The number of aromatic amines is 1. The number of H-pyrrole nitrogens is 1. The summed E-state index contributed by atoms with van der Waals surface area (Å²) in [5, 5.41) is 7.89. The highest BCUT2D eigenvalue weighted by Crippen LogP contribution is 2.36. The molecule has 0 atom stereocenters. The summed E-state index contributed by atoms with van der Waals surface area (Å²) in [7, 11) is 0. The maximum Gasteiger partial charge on any atom is 0.126 e. The van der Waals surface area contributed by atoms with Crippen molar-refractivity contribution >= 4 is 27.4 Å². The largest absolute Gasteiger partial charge is 0.384 e. The van der Waals surface area contributed by atoms with E-state index in [4.69, 9.17) is 10.7 Å². The van der Waals surface area contributed by atoms with Gasteiger partial charge in [0.15, 0.2) is 0 Å². The van der Waals surface area contributed by atoms with E-state index in [1.807, 2.05) is 12.1 Å². The Morgan fingerprint density at radius 1 is 1.21 bits per heavy atom. The van der Waals surface area contributed by atoms with Crippen LogP contribution in [0.4, 0.5) is 5.82 Å². The molecule has 0 fully saturated rings. The van der Waals surface area contributed by atoms with Gasteiger partial charge in [0.05, 0.1) is 21.4 Å². The second kappa shape index (κ2) is 4.06. The summed E-state index contributed by atoms with van der Waals surface area (Å²) >= 11 is 1.74. The monoisotopic (exact) mass is 272 g/mol. The molecule has 0 spiro atoms. The zero-order chi connectivity index (χ0) is 13.6. The highest BCUT2D eigenvalue weighted by molar-refractivity contribution is 7.18. The summed E-state index contributed by atoms with van der Waals surface area (Å²) in [5.41, 5.74) is 8.93. The number of hydrogen-bond donors (Lipinski definition) is 2. The minimum Gasteiger partial charge on any atom is -0.384 e. The summed E-state index contributed by atoms with van der Waals surface area (Å²) in [6, 6.07) is 6.17. The van der Waals surface area contributed by atoms with Gasteiger partial charge in [0.2, 0.25) is 0 Å². The second-order valence-electron chi connectivity index (χ2n) is 5.62. The fourth-order valence-corrected chi connectivity index (χ4v) is 3.05. The van der Waals surface area contributed by atoms with Crippen LogP contribution in [0.2, 0.25) is 0 Å². The van der Waals surface area contributed by atoms with E-state index in [9.17, 15) is 0 Å². The van der Waals surface area contributed by atoms with Gasteiger partial charge in [-0.05, 0) is 6.07 Å². The van der Waals surface area contributed by atoms with E-state index in [1.54, 1.807) is 17.5 Å². The van der Waals surface area contributed by atoms with E-state index in [-0.39, 0.29) is 5.41 Å². The highest BCUT2D eigenvalue weighted by Gasteiger charge is 2.20. The van der Waals surface area contributed by atoms with Crippen molar-refractivity contribution in [3.8, 4) is 11.1 Å². The second-order valence-corrected chi connectivity index (χ2v) is 6.65. The first-order valence-electron chi connectivity index (χ1n) is 6.16. The molecule has 19 heavy (non-hydrogen) atoms. The first-order chi connectivity index (χ1) is 8.97. The summed E-state index contributed by atoms with van der Waals surface area (Å²) < 4.78 is 1.18. The van der Waals surface area contributed by atoms with Crippen LogP contribution >= 0.6 is 11.3 Å². The molecule has 0 radical (unpaired) electrons. The molecule has 98 valence electrons. The third-order valence-electron chi connectivity index (χ3n) is 3.02. The van der Waals surface area contributed by atoms with E-state index in [0.717, 1.165) is 21.7 Å². The number of fused-ring (bicyclic) bond motifs is 1. The van der Waals surface area contributed by atoms with Crippen molar-refractivity contribution < 1.29 is 0 Å². The van der Waals surface area contributed by atoms with Crippen LogP contribution in [0.1, 0.15) is 25.8 Å². The van der Waals surface area contributed by atoms with Crippen LogP contribution in [0.3, 0.4) is 0 Å². The maximum absolute atomic E-state index is 5.91. The maximum atomic E-state index is 5.91. The molecular formula is C14H16N4S. The van der Waals surface area contributed by atoms with Crippen LogP contribution in [0.5, 0.6) is 0 Å². The van der Waals surface area contributed by atoms with Crippen molar-refractivity contribution in [3.63, 3.8) is 0 Å². The lowest BCUT2D eigenvalue weighted by molar-refractivity contribution is 0.587. The van der Waals surface area contributed by atoms with Crippen molar-refractivity contribution in [1.29, 1.82) is 0 Å². The van der Waals surface area contributed by atoms with Gasteiger partial charge in [-0.25, -0.2) is 4.98 Å². The number of aromatic nitrogens is 3. The Labute approximate surface area is 115 Å². The van der Waals surface area contributed by atoms with Gasteiger partial charge in [0.25, 0.3) is 0 Å². The fraction of sp³-hybridized carbons (Fsp3) is 0.286. The van der Waals surface area contributed by atoms with Crippen molar-refractivity contribution in [2.24, 2.45) is 0 Å². The van der Waals surface area contributed by atoms with Crippen molar-refractivity contribution in [3.05, 3.63) is 29.4 Å². The van der Waals surface area contributed by atoms with E-state index in [0.29, 0.717) is 5.82 Å². The molecule has 0 aliphatic heterocycles. The first-order valence-corrected chi connectivity index (χ1v) is 6.98. The van der Waals surface area contributed by atoms with Gasteiger partial charge in [-0.15, -0.1) is 11.3 Å². The molecule has 4 nitrogen and oxygen atoms in total. The summed E-state index contributed by atoms with van der Waals surface area (Å²) in [5.74, 6) is 0.581. The molecule has 3 aromatic rings. The molecule has 1 aromatic carbocycles. The van der Waals surface area contributed by atoms with E-state index in [2.05, 4.69) is 37.0 Å². The molecule has 0 aliphatic carbocycles. The third-order valence-corrected chi connectivity index (χ3v) is 4.47. The number of thiazole rings is 1. The number of para-hydroxylation sites is 1. The molecule has 0 saturated heterocycles. The van der Waals surface area contributed by atoms with Gasteiger partial charge in [-0.3, -0.25) is 5.10 Å². The molecule has 2 aromatic heterocycles. The molecule has 3 rings (SSSR count). The average Bonchev–Trinajstić information content (AvgIpc) is 2.93. The zero-order valence-corrected chi connectivity index (χ0v) is 12.0. The Morgan fingerprint density at radius 2 is 2.00 bits per heavy atom. The van der Waals surface area contributed by atoms with Crippen LogP contribution in [-0.4, -0.2) is 15.2 Å². The molecule has 5 heteroatoms. The van der Waals surface area contributed by atoms with Gasteiger partial charge >= 0.3 is 0 Å². The minimum atomic E-state index is 0.0584. The number of benzene rings is 1. The zero-order valence-electron chi connectivity index (χ0n) is 11.2. The predicted octanol–water partition coefficient (Wildman–Crippen LogP) is 3.57. The Bertz CT molecular complexity index is 733. The van der Waals surface area contributed by atoms with E-state index >= 15 is 0 Å². The van der Waals surface area contributed by atoms with Crippen LogP contribution in [0, 0.1) is 0 Å². The summed E-state index contributed by atoms with van der Waals surface area (Å²) in [6.45, 7) is 6.53. The lowest BCUT2D eigenvalue weighted by Crippen LogP contribution is -2.09. The third kappa shape index (κ3) is 2.00. The number of nitrogens with two attached hydrogens (primary N) is 1. The average molecular weight is 272 g/mol. The Kier molecular flexibility index (Phi) is 2.60. The number of hydrogen-bond acceptors (Lipinski definition) is 4.